The SMILES string of the molecule is CC(=O)N1COC2C(CSc3nnc(N)s3)=C(C(=O)[O-])N3C(=O)[C@@H]1[C@@H]23.[Na+]. The molecule has 4 rings (SSSR count). The third-order valence-electron chi connectivity index (χ3n) is 4.41. The van der Waals surface area contributed by atoms with E-state index in [0.29, 0.717) is 15.0 Å². The van der Waals surface area contributed by atoms with Crippen molar-refractivity contribution in [2.75, 3.05) is 18.2 Å². The number of carboxylic acids is 1. The van der Waals surface area contributed by atoms with E-state index < -0.39 is 30.1 Å². The van der Waals surface area contributed by atoms with Gasteiger partial charge in [0.25, 0.3) is 5.91 Å². The Balaban J connectivity index is 0.00000196. The molecule has 4 heterocycles. The van der Waals surface area contributed by atoms with Crippen molar-refractivity contribution in [3.63, 3.8) is 0 Å². The van der Waals surface area contributed by atoms with E-state index in [2.05, 4.69) is 10.2 Å². The van der Waals surface area contributed by atoms with Gasteiger partial charge >= 0.3 is 29.6 Å². The molecule has 2 N–H and O–H groups in total. The van der Waals surface area contributed by atoms with Gasteiger partial charge in [-0.2, -0.15) is 0 Å². The van der Waals surface area contributed by atoms with Crippen LogP contribution in [0.4, 0.5) is 5.13 Å². The summed E-state index contributed by atoms with van der Waals surface area (Å²) in [5.41, 5.74) is 5.81. The molecule has 3 aliphatic rings. The largest absolute Gasteiger partial charge is 1.00 e. The molecule has 10 nitrogen and oxygen atoms in total. The second-order valence-corrected chi connectivity index (χ2v) is 7.94. The predicted molar refractivity (Wildman–Crippen MR) is 83.8 cm³/mol. The van der Waals surface area contributed by atoms with Gasteiger partial charge in [0, 0.05) is 12.7 Å². The fraction of sp³-hybridized carbons (Fsp3) is 0.462. The zero-order valence-electron chi connectivity index (χ0n) is 13.9. The van der Waals surface area contributed by atoms with Gasteiger partial charge in [0.15, 0.2) is 4.34 Å². The molecule has 132 valence electrons. The molecule has 26 heavy (non-hydrogen) atoms. The number of thioether (sulfide) groups is 1. The number of β-lactam (4-membered cyclic amide) rings is 1. The van der Waals surface area contributed by atoms with Crippen molar-refractivity contribution < 1.29 is 53.8 Å². The minimum absolute atomic E-state index is 0. The van der Waals surface area contributed by atoms with Crippen molar-refractivity contribution in [3.8, 4) is 0 Å². The second-order valence-electron chi connectivity index (χ2n) is 5.71. The molecule has 3 aliphatic heterocycles. The molecule has 0 saturated carbocycles. The number of rotatable bonds is 4. The Labute approximate surface area is 178 Å². The van der Waals surface area contributed by atoms with Gasteiger partial charge in [0.1, 0.15) is 18.9 Å². The summed E-state index contributed by atoms with van der Waals surface area (Å²) < 4.78 is 6.29. The van der Waals surface area contributed by atoms with E-state index in [1.807, 2.05) is 0 Å². The number of anilines is 1. The van der Waals surface area contributed by atoms with Gasteiger partial charge in [-0.3, -0.25) is 14.5 Å². The second kappa shape index (κ2) is 7.09. The number of hydrogen-bond acceptors (Lipinski definition) is 10. The maximum atomic E-state index is 12.4. The topological polar surface area (TPSA) is 142 Å². The van der Waals surface area contributed by atoms with Gasteiger partial charge in [0.05, 0.1) is 17.7 Å². The molecule has 1 unspecified atom stereocenters. The number of nitrogen functional groups attached to an aromatic ring is 1. The maximum absolute atomic E-state index is 12.4. The van der Waals surface area contributed by atoms with Crippen LogP contribution in [-0.4, -0.2) is 68.5 Å². The molecular formula is C13H12N5NaO5S2. The van der Waals surface area contributed by atoms with Crippen LogP contribution in [0.15, 0.2) is 15.6 Å². The van der Waals surface area contributed by atoms with Crippen molar-refractivity contribution in [3.05, 3.63) is 11.3 Å². The predicted octanol–water partition coefficient (Wildman–Crippen LogP) is -4.98. The molecule has 0 radical (unpaired) electrons. The zero-order chi connectivity index (χ0) is 17.9. The van der Waals surface area contributed by atoms with Crippen LogP contribution < -0.4 is 40.4 Å². The van der Waals surface area contributed by atoms with Crippen molar-refractivity contribution in [2.45, 2.75) is 29.5 Å². The molecule has 1 aromatic heterocycles. The van der Waals surface area contributed by atoms with Crippen LogP contribution in [0, 0.1) is 0 Å². The van der Waals surface area contributed by atoms with Crippen molar-refractivity contribution in [2.24, 2.45) is 0 Å². The Morgan fingerprint density at radius 1 is 1.46 bits per heavy atom. The molecule has 0 spiro atoms. The van der Waals surface area contributed by atoms with E-state index >= 15 is 0 Å². The number of ether oxygens (including phenoxy) is 1. The van der Waals surface area contributed by atoms with Crippen LogP contribution >= 0.6 is 23.1 Å². The standard InChI is InChI=1S/C13H13N5O5S2.Na/c1-4(19)17-3-23-9-5(2-24-13-16-15-12(14)25-13)6(11(21)22)18-7(9)8(17)10(18)20;/h7-9H,2-3H2,1H3,(H2,14,15)(H,21,22);/q;+1/p-1/t7-,8-,9?;/m0./s1. The number of carboxylic acid groups (broad SMARTS) is 1. The number of amides is 2. The molecular weight excluding hydrogens is 393 g/mol. The van der Waals surface area contributed by atoms with Crippen LogP contribution in [0.25, 0.3) is 0 Å². The monoisotopic (exact) mass is 405 g/mol. The van der Waals surface area contributed by atoms with E-state index in [0.717, 1.165) is 0 Å². The first-order valence-electron chi connectivity index (χ1n) is 7.28. The van der Waals surface area contributed by atoms with Crippen molar-refractivity contribution in [1.29, 1.82) is 0 Å². The summed E-state index contributed by atoms with van der Waals surface area (Å²) in [6.07, 6.45) is -0.580. The molecule has 0 aliphatic carbocycles. The summed E-state index contributed by atoms with van der Waals surface area (Å²) in [6, 6.07) is -1.21. The number of hydrogen-bond donors (Lipinski definition) is 1. The van der Waals surface area contributed by atoms with E-state index in [-0.39, 0.29) is 53.6 Å². The average molecular weight is 405 g/mol. The Morgan fingerprint density at radius 2 is 2.19 bits per heavy atom. The summed E-state index contributed by atoms with van der Waals surface area (Å²) in [5.74, 6) is -1.91. The molecule has 2 fully saturated rings. The van der Waals surface area contributed by atoms with E-state index in [9.17, 15) is 19.5 Å². The van der Waals surface area contributed by atoms with E-state index in [1.165, 1.54) is 39.8 Å². The molecule has 1 aromatic rings. The fourth-order valence-electron chi connectivity index (χ4n) is 3.39. The minimum atomic E-state index is -1.44. The number of nitrogens with zero attached hydrogens (tertiary/aromatic N) is 4. The first-order chi connectivity index (χ1) is 11.9. The minimum Gasteiger partial charge on any atom is -0.543 e. The normalized spacial score (nSPS) is 26.3. The summed E-state index contributed by atoms with van der Waals surface area (Å²) in [5, 5.41) is 19.5. The molecule has 2 saturated heterocycles. The molecule has 0 bridgehead atoms. The molecule has 2 amide bonds. The average Bonchev–Trinajstić information content (AvgIpc) is 3.11. The number of carbonyl (C=O) groups is 3. The molecule has 13 heteroatoms. The van der Waals surface area contributed by atoms with Crippen LogP contribution in [0.1, 0.15) is 6.92 Å². The quantitative estimate of drug-likeness (QED) is 0.296. The molecule has 0 aromatic carbocycles. The Morgan fingerprint density at radius 3 is 2.77 bits per heavy atom. The van der Waals surface area contributed by atoms with Crippen LogP contribution in [-0.2, 0) is 19.1 Å². The first kappa shape index (κ1) is 19.6. The Bertz CT molecular complexity index is 830. The smallest absolute Gasteiger partial charge is 0.543 e. The summed E-state index contributed by atoms with van der Waals surface area (Å²) in [7, 11) is 0. The van der Waals surface area contributed by atoms with Gasteiger partial charge in [-0.1, -0.05) is 23.1 Å². The number of nitrogens with two attached hydrogens (primary N) is 1. The van der Waals surface area contributed by atoms with E-state index in [1.54, 1.807) is 0 Å². The Hall–Kier alpha value is -1.18. The van der Waals surface area contributed by atoms with Gasteiger partial charge in [0.2, 0.25) is 11.0 Å². The first-order valence-corrected chi connectivity index (χ1v) is 9.08. The van der Waals surface area contributed by atoms with E-state index in [4.69, 9.17) is 10.5 Å². The van der Waals surface area contributed by atoms with Crippen molar-refractivity contribution in [1.82, 2.24) is 20.0 Å². The summed E-state index contributed by atoms with van der Waals surface area (Å²) in [6.45, 7) is 1.29. The maximum Gasteiger partial charge on any atom is 1.00 e. The number of aromatic nitrogens is 2. The number of carbonyl (C=O) groups excluding carboxylic acids is 3. The summed E-state index contributed by atoms with van der Waals surface area (Å²) >= 11 is 2.45. The van der Waals surface area contributed by atoms with Crippen LogP contribution in [0.5, 0.6) is 0 Å². The molecule has 3 atom stereocenters. The van der Waals surface area contributed by atoms with Crippen LogP contribution in [0.2, 0.25) is 0 Å². The third-order valence-corrected chi connectivity index (χ3v) is 6.35. The van der Waals surface area contributed by atoms with Crippen LogP contribution in [0.3, 0.4) is 0 Å². The zero-order valence-corrected chi connectivity index (χ0v) is 17.5. The fourth-order valence-corrected chi connectivity index (χ4v) is 5.08. The van der Waals surface area contributed by atoms with Crippen molar-refractivity contribution >= 4 is 46.0 Å². The number of aliphatic carboxylic acids is 1. The van der Waals surface area contributed by atoms with Gasteiger partial charge < -0.3 is 25.3 Å². The van der Waals surface area contributed by atoms with Gasteiger partial charge in [-0.25, -0.2) is 0 Å². The Kier molecular flexibility index (Phi) is 5.34. The van der Waals surface area contributed by atoms with Gasteiger partial charge in [-0.15, -0.1) is 10.2 Å². The summed E-state index contributed by atoms with van der Waals surface area (Å²) in [4.78, 5) is 38.2. The third kappa shape index (κ3) is 2.84. The van der Waals surface area contributed by atoms with Gasteiger partial charge in [-0.05, 0) is 5.57 Å².